The molecule has 0 bridgehead atoms. The van der Waals surface area contributed by atoms with Gasteiger partial charge in [0.15, 0.2) is 5.17 Å². The van der Waals surface area contributed by atoms with E-state index < -0.39 is 5.25 Å². The fourth-order valence-electron chi connectivity index (χ4n) is 2.36. The molecule has 2 aromatic rings. The lowest BCUT2D eigenvalue weighted by molar-refractivity contribution is -0.128. The number of benzene rings is 2. The van der Waals surface area contributed by atoms with Gasteiger partial charge in [-0.15, -0.1) is 0 Å². The van der Waals surface area contributed by atoms with Crippen molar-refractivity contribution in [3.8, 4) is 0 Å². The molecule has 0 aromatic heterocycles. The highest BCUT2D eigenvalue weighted by Crippen LogP contribution is 2.31. The van der Waals surface area contributed by atoms with Crippen molar-refractivity contribution in [3.63, 3.8) is 0 Å². The first-order valence-electron chi connectivity index (χ1n) is 7.76. The van der Waals surface area contributed by atoms with Crippen LogP contribution in [0.3, 0.4) is 0 Å². The molecule has 0 saturated carbocycles. The molecule has 0 aliphatic carbocycles. The van der Waals surface area contributed by atoms with E-state index in [1.54, 1.807) is 37.4 Å². The molecule has 26 heavy (non-hydrogen) atoms. The zero-order valence-corrected chi connectivity index (χ0v) is 16.1. The molecular weight excluding hydrogens is 393 g/mol. The maximum absolute atomic E-state index is 12.5. The highest BCUT2D eigenvalue weighted by Gasteiger charge is 2.34. The number of rotatable bonds is 3. The topological polar surface area (TPSA) is 61.8 Å². The number of nitrogens with one attached hydrogen (secondary N) is 1. The number of anilines is 1. The number of thioether (sulfide) groups is 1. The number of hydrogen-bond donors (Lipinski definition) is 1. The Labute approximate surface area is 165 Å². The van der Waals surface area contributed by atoms with Crippen molar-refractivity contribution in [2.45, 2.75) is 11.7 Å². The van der Waals surface area contributed by atoms with E-state index in [0.29, 0.717) is 26.6 Å². The van der Waals surface area contributed by atoms with E-state index in [1.165, 1.54) is 16.7 Å². The molecule has 8 heteroatoms. The lowest BCUT2D eigenvalue weighted by Crippen LogP contribution is -2.43. The van der Waals surface area contributed by atoms with E-state index in [1.807, 2.05) is 18.2 Å². The Balaban J connectivity index is 1.81. The maximum atomic E-state index is 12.5. The van der Waals surface area contributed by atoms with Crippen molar-refractivity contribution in [2.75, 3.05) is 12.4 Å². The van der Waals surface area contributed by atoms with E-state index in [0.717, 1.165) is 0 Å². The summed E-state index contributed by atoms with van der Waals surface area (Å²) in [6, 6.07) is 14.0. The Morgan fingerprint density at radius 3 is 2.50 bits per heavy atom. The van der Waals surface area contributed by atoms with Gasteiger partial charge >= 0.3 is 0 Å². The predicted molar refractivity (Wildman–Crippen MR) is 107 cm³/mol. The standard InChI is InChI=1S/C18H15Cl2N3O2S/c1-23-16(24)10-15(17(25)21-13-5-3-2-4-6-13)26-18(23)22-14-8-11(19)7-12(20)9-14/h2-9,15H,10H2,1H3,(H,21,25)/t15-/m1/s1. The van der Waals surface area contributed by atoms with Crippen molar-refractivity contribution < 1.29 is 9.59 Å². The summed E-state index contributed by atoms with van der Waals surface area (Å²) in [5.41, 5.74) is 1.21. The van der Waals surface area contributed by atoms with Gasteiger partial charge in [0.2, 0.25) is 11.8 Å². The van der Waals surface area contributed by atoms with Crippen LogP contribution >= 0.6 is 35.0 Å². The van der Waals surface area contributed by atoms with Crippen LogP contribution in [0.4, 0.5) is 11.4 Å². The van der Waals surface area contributed by atoms with E-state index in [2.05, 4.69) is 10.3 Å². The molecule has 5 nitrogen and oxygen atoms in total. The van der Waals surface area contributed by atoms with Crippen LogP contribution in [0.15, 0.2) is 53.5 Å². The minimum atomic E-state index is -0.563. The van der Waals surface area contributed by atoms with Crippen LogP contribution in [-0.4, -0.2) is 34.2 Å². The fraction of sp³-hybridized carbons (Fsp3) is 0.167. The second-order valence-electron chi connectivity index (χ2n) is 5.64. The van der Waals surface area contributed by atoms with Gasteiger partial charge in [-0.25, -0.2) is 4.99 Å². The molecule has 0 radical (unpaired) electrons. The number of amidine groups is 1. The fourth-order valence-corrected chi connectivity index (χ4v) is 3.94. The highest BCUT2D eigenvalue weighted by molar-refractivity contribution is 8.15. The summed E-state index contributed by atoms with van der Waals surface area (Å²) in [5, 5.41) is 3.58. The Morgan fingerprint density at radius 1 is 1.19 bits per heavy atom. The lowest BCUT2D eigenvalue weighted by atomic mass is 10.2. The molecule has 0 unspecified atom stereocenters. The molecule has 2 amide bonds. The molecule has 1 atom stereocenters. The number of hydrogen-bond acceptors (Lipinski definition) is 4. The number of halogens is 2. The van der Waals surface area contributed by atoms with Crippen molar-refractivity contribution >= 4 is 63.3 Å². The molecule has 3 rings (SSSR count). The van der Waals surface area contributed by atoms with E-state index in [9.17, 15) is 9.59 Å². The molecule has 2 aromatic carbocycles. The highest BCUT2D eigenvalue weighted by atomic mass is 35.5. The summed E-state index contributed by atoms with van der Waals surface area (Å²) in [7, 11) is 1.63. The molecule has 1 heterocycles. The Hall–Kier alpha value is -2.02. The quantitative estimate of drug-likeness (QED) is 0.809. The van der Waals surface area contributed by atoms with E-state index in [-0.39, 0.29) is 18.2 Å². The van der Waals surface area contributed by atoms with Crippen molar-refractivity contribution in [1.29, 1.82) is 0 Å². The third-order valence-corrected chi connectivity index (χ3v) is 5.35. The van der Waals surface area contributed by atoms with Gasteiger partial charge in [-0.1, -0.05) is 53.2 Å². The normalized spacial score (nSPS) is 18.9. The minimum absolute atomic E-state index is 0.106. The average molecular weight is 408 g/mol. The van der Waals surface area contributed by atoms with E-state index >= 15 is 0 Å². The van der Waals surface area contributed by atoms with Crippen LogP contribution in [0, 0.1) is 0 Å². The largest absolute Gasteiger partial charge is 0.325 e. The second-order valence-corrected chi connectivity index (χ2v) is 7.68. The minimum Gasteiger partial charge on any atom is -0.325 e. The van der Waals surface area contributed by atoms with Crippen molar-refractivity contribution in [2.24, 2.45) is 4.99 Å². The van der Waals surface area contributed by atoms with E-state index in [4.69, 9.17) is 23.2 Å². The van der Waals surface area contributed by atoms with Gasteiger partial charge in [0.1, 0.15) is 5.25 Å². The molecule has 1 aliphatic heterocycles. The second kappa shape index (κ2) is 8.12. The van der Waals surface area contributed by atoms with Gasteiger partial charge in [0.05, 0.1) is 5.69 Å². The van der Waals surface area contributed by atoms with Crippen LogP contribution in [0.2, 0.25) is 10.0 Å². The molecular formula is C18H15Cl2N3O2S. The Morgan fingerprint density at radius 2 is 1.85 bits per heavy atom. The number of aliphatic imine (C=N–C) groups is 1. The van der Waals surface area contributed by atoms with Crippen molar-refractivity contribution in [3.05, 3.63) is 58.6 Å². The van der Waals surface area contributed by atoms with Gasteiger partial charge in [0.25, 0.3) is 0 Å². The summed E-state index contributed by atoms with van der Waals surface area (Å²) < 4.78 is 0. The maximum Gasteiger partial charge on any atom is 0.238 e. The third kappa shape index (κ3) is 4.58. The number of carbonyl (C=O) groups excluding carboxylic acids is 2. The van der Waals surface area contributed by atoms with Gasteiger partial charge in [0, 0.05) is 29.2 Å². The first-order chi connectivity index (χ1) is 12.4. The van der Waals surface area contributed by atoms with Crippen LogP contribution < -0.4 is 5.32 Å². The number of para-hydroxylation sites is 1. The number of carbonyl (C=O) groups is 2. The summed E-state index contributed by atoms with van der Waals surface area (Å²) in [6.45, 7) is 0. The van der Waals surface area contributed by atoms with Gasteiger partial charge in [-0.2, -0.15) is 0 Å². The monoisotopic (exact) mass is 407 g/mol. The lowest BCUT2D eigenvalue weighted by Gasteiger charge is -2.28. The summed E-state index contributed by atoms with van der Waals surface area (Å²) in [5.74, 6) is -0.414. The van der Waals surface area contributed by atoms with Gasteiger partial charge in [-0.3, -0.25) is 14.5 Å². The van der Waals surface area contributed by atoms with Gasteiger partial charge in [-0.05, 0) is 30.3 Å². The predicted octanol–water partition coefficient (Wildman–Crippen LogP) is 4.58. The molecule has 0 spiro atoms. The molecule has 1 saturated heterocycles. The molecule has 1 aliphatic rings. The van der Waals surface area contributed by atoms with Crippen LogP contribution in [0.1, 0.15) is 6.42 Å². The molecule has 134 valence electrons. The summed E-state index contributed by atoms with van der Waals surface area (Å²) >= 11 is 13.2. The molecule has 1 fully saturated rings. The summed E-state index contributed by atoms with van der Waals surface area (Å²) in [4.78, 5) is 30.7. The Bertz CT molecular complexity index is 854. The van der Waals surface area contributed by atoms with Crippen molar-refractivity contribution in [1.82, 2.24) is 4.90 Å². The average Bonchev–Trinajstić information content (AvgIpc) is 2.58. The number of amides is 2. The zero-order chi connectivity index (χ0) is 18.7. The van der Waals surface area contributed by atoms with Crippen LogP contribution in [-0.2, 0) is 9.59 Å². The first-order valence-corrected chi connectivity index (χ1v) is 9.40. The SMILES string of the molecule is CN1C(=O)C[C@H](C(=O)Nc2ccccc2)SC1=Nc1cc(Cl)cc(Cl)c1. The van der Waals surface area contributed by atoms with Crippen LogP contribution in [0.5, 0.6) is 0 Å². The van der Waals surface area contributed by atoms with Gasteiger partial charge < -0.3 is 5.32 Å². The zero-order valence-electron chi connectivity index (χ0n) is 13.8. The third-order valence-electron chi connectivity index (χ3n) is 3.67. The smallest absolute Gasteiger partial charge is 0.238 e. The molecule has 1 N–H and O–H groups in total. The number of nitrogens with zero attached hydrogens (tertiary/aromatic N) is 2. The van der Waals surface area contributed by atoms with Crippen LogP contribution in [0.25, 0.3) is 0 Å². The summed E-state index contributed by atoms with van der Waals surface area (Å²) in [6.07, 6.45) is 0.106. The first kappa shape index (κ1) is 18.8. The Kier molecular flexibility index (Phi) is 5.86.